The first-order valence-corrected chi connectivity index (χ1v) is 10.0. The van der Waals surface area contributed by atoms with Crippen molar-refractivity contribution in [3.05, 3.63) is 68.5 Å². The van der Waals surface area contributed by atoms with Crippen molar-refractivity contribution in [2.45, 2.75) is 5.60 Å². The highest BCUT2D eigenvalue weighted by Crippen LogP contribution is 2.33. The minimum absolute atomic E-state index is 0.0937. The van der Waals surface area contributed by atoms with Crippen LogP contribution in [0.4, 0.5) is 0 Å². The zero-order valence-electron chi connectivity index (χ0n) is 12.9. The Morgan fingerprint density at radius 2 is 2.04 bits per heavy atom. The van der Waals surface area contributed by atoms with Crippen molar-refractivity contribution in [3.8, 4) is 0 Å². The molecule has 0 saturated heterocycles. The standard InChI is InChI=1S/C17H13N3O2S3/c21-16(11-3-4-13-14(8-11)20-25-19-13)18-10-17(22,12-5-7-23-9-12)15-2-1-6-24-15/h1-9,22H,10H2,(H,18,21)/t17-/m0/s1. The third-order valence-corrected chi connectivity index (χ3v) is 6.21. The van der Waals surface area contributed by atoms with E-state index in [2.05, 4.69) is 14.1 Å². The molecule has 0 bridgehead atoms. The fourth-order valence-corrected chi connectivity index (χ4v) is 4.67. The summed E-state index contributed by atoms with van der Waals surface area (Å²) >= 11 is 4.10. The van der Waals surface area contributed by atoms with Crippen LogP contribution in [0, 0.1) is 0 Å². The predicted molar refractivity (Wildman–Crippen MR) is 101 cm³/mol. The molecule has 0 aliphatic rings. The molecule has 4 aromatic rings. The van der Waals surface area contributed by atoms with Crippen molar-refractivity contribution in [2.24, 2.45) is 0 Å². The Labute approximate surface area is 155 Å². The van der Waals surface area contributed by atoms with Crippen LogP contribution in [-0.4, -0.2) is 26.3 Å². The van der Waals surface area contributed by atoms with Crippen LogP contribution < -0.4 is 5.32 Å². The number of amides is 1. The number of nitrogens with one attached hydrogen (secondary N) is 1. The second-order valence-corrected chi connectivity index (χ2v) is 7.76. The van der Waals surface area contributed by atoms with E-state index in [-0.39, 0.29) is 12.5 Å². The maximum Gasteiger partial charge on any atom is 0.251 e. The molecule has 1 amide bonds. The van der Waals surface area contributed by atoms with Gasteiger partial charge in [-0.1, -0.05) is 6.07 Å². The second kappa shape index (κ2) is 6.64. The fourth-order valence-electron chi connectivity index (χ4n) is 2.58. The zero-order valence-corrected chi connectivity index (χ0v) is 15.3. The summed E-state index contributed by atoms with van der Waals surface area (Å²) in [5.74, 6) is -0.250. The lowest BCUT2D eigenvalue weighted by atomic mass is 9.94. The van der Waals surface area contributed by atoms with Gasteiger partial charge in [0.2, 0.25) is 0 Å². The minimum Gasteiger partial charge on any atom is -0.378 e. The number of fused-ring (bicyclic) bond motifs is 1. The molecule has 25 heavy (non-hydrogen) atoms. The van der Waals surface area contributed by atoms with E-state index in [1.54, 1.807) is 18.2 Å². The van der Waals surface area contributed by atoms with Gasteiger partial charge in [0, 0.05) is 16.0 Å². The molecule has 0 aliphatic heterocycles. The summed E-state index contributed by atoms with van der Waals surface area (Å²) in [5, 5.41) is 19.8. The third-order valence-electron chi connectivity index (χ3n) is 3.95. The molecule has 3 heterocycles. The highest BCUT2D eigenvalue weighted by molar-refractivity contribution is 7.10. The molecular weight excluding hydrogens is 374 g/mol. The monoisotopic (exact) mass is 387 g/mol. The zero-order chi connectivity index (χ0) is 17.3. The Balaban J connectivity index is 1.58. The lowest BCUT2D eigenvalue weighted by Crippen LogP contribution is -2.41. The Bertz CT molecular complexity index is 959. The molecule has 126 valence electrons. The van der Waals surface area contributed by atoms with Crippen molar-refractivity contribution in [1.82, 2.24) is 14.1 Å². The van der Waals surface area contributed by atoms with Crippen LogP contribution in [0.25, 0.3) is 11.0 Å². The Hall–Kier alpha value is -2.13. The van der Waals surface area contributed by atoms with E-state index in [0.717, 1.165) is 27.7 Å². The van der Waals surface area contributed by atoms with Gasteiger partial charge in [-0.15, -0.1) is 11.3 Å². The third kappa shape index (κ3) is 3.09. The molecule has 5 nitrogen and oxygen atoms in total. The summed E-state index contributed by atoms with van der Waals surface area (Å²) in [6.45, 7) is 0.0937. The van der Waals surface area contributed by atoms with E-state index in [9.17, 15) is 9.90 Å². The number of thiophene rings is 2. The fraction of sp³-hybridized carbons (Fsp3) is 0.118. The second-order valence-electron chi connectivity index (χ2n) is 5.50. The van der Waals surface area contributed by atoms with E-state index >= 15 is 0 Å². The number of aliphatic hydroxyl groups is 1. The molecule has 3 aromatic heterocycles. The van der Waals surface area contributed by atoms with Crippen molar-refractivity contribution in [2.75, 3.05) is 6.54 Å². The SMILES string of the molecule is O=C(NC[C@](O)(c1ccsc1)c1cccs1)c1ccc2nsnc2c1. The van der Waals surface area contributed by atoms with E-state index in [4.69, 9.17) is 0 Å². The van der Waals surface area contributed by atoms with E-state index in [0.29, 0.717) is 11.1 Å². The lowest BCUT2D eigenvalue weighted by Gasteiger charge is -2.27. The molecular formula is C17H13N3O2S3. The van der Waals surface area contributed by atoms with Crippen LogP contribution >= 0.6 is 34.4 Å². The summed E-state index contributed by atoms with van der Waals surface area (Å²) in [7, 11) is 0. The normalized spacial score (nSPS) is 13.6. The van der Waals surface area contributed by atoms with E-state index in [1.165, 1.54) is 22.7 Å². The minimum atomic E-state index is -1.24. The van der Waals surface area contributed by atoms with Gasteiger partial charge in [-0.3, -0.25) is 4.79 Å². The molecule has 0 unspecified atom stereocenters. The van der Waals surface area contributed by atoms with E-state index < -0.39 is 5.60 Å². The van der Waals surface area contributed by atoms with Gasteiger partial charge in [0.15, 0.2) is 0 Å². The molecule has 2 N–H and O–H groups in total. The van der Waals surface area contributed by atoms with Gasteiger partial charge in [0.1, 0.15) is 16.6 Å². The summed E-state index contributed by atoms with van der Waals surface area (Å²) in [6.07, 6.45) is 0. The van der Waals surface area contributed by atoms with Gasteiger partial charge in [0.05, 0.1) is 18.3 Å². The number of rotatable bonds is 5. The smallest absolute Gasteiger partial charge is 0.251 e. The van der Waals surface area contributed by atoms with Crippen LogP contribution in [0.15, 0.2) is 52.5 Å². The first kappa shape index (κ1) is 16.3. The number of aromatic nitrogens is 2. The summed E-state index contributed by atoms with van der Waals surface area (Å²) < 4.78 is 8.29. The molecule has 0 fully saturated rings. The van der Waals surface area contributed by atoms with E-state index in [1.807, 2.05) is 34.3 Å². The number of nitrogens with zero attached hydrogens (tertiary/aromatic N) is 2. The van der Waals surface area contributed by atoms with Gasteiger partial charge in [0.25, 0.3) is 5.91 Å². The number of benzene rings is 1. The topological polar surface area (TPSA) is 75.1 Å². The summed E-state index contributed by atoms with van der Waals surface area (Å²) in [4.78, 5) is 13.3. The number of hydrogen-bond acceptors (Lipinski definition) is 7. The van der Waals surface area contributed by atoms with Crippen molar-refractivity contribution < 1.29 is 9.90 Å². The molecule has 0 aliphatic carbocycles. The lowest BCUT2D eigenvalue weighted by molar-refractivity contribution is 0.0721. The Morgan fingerprint density at radius 3 is 2.80 bits per heavy atom. The quantitative estimate of drug-likeness (QED) is 0.550. The first-order valence-electron chi connectivity index (χ1n) is 7.46. The summed E-state index contributed by atoms with van der Waals surface area (Å²) in [6, 6.07) is 10.8. The largest absolute Gasteiger partial charge is 0.378 e. The van der Waals surface area contributed by atoms with Gasteiger partial charge in [-0.25, -0.2) is 0 Å². The van der Waals surface area contributed by atoms with Crippen LogP contribution in [0.3, 0.4) is 0 Å². The molecule has 4 rings (SSSR count). The van der Waals surface area contributed by atoms with Gasteiger partial charge in [-0.05, 0) is 46.5 Å². The molecule has 1 aromatic carbocycles. The van der Waals surface area contributed by atoms with Crippen molar-refractivity contribution >= 4 is 51.3 Å². The van der Waals surface area contributed by atoms with Crippen LogP contribution in [0.2, 0.25) is 0 Å². The predicted octanol–water partition coefficient (Wildman–Crippen LogP) is 3.48. The number of hydrogen-bond donors (Lipinski definition) is 2. The van der Waals surface area contributed by atoms with Crippen LogP contribution in [-0.2, 0) is 5.60 Å². The van der Waals surface area contributed by atoms with Crippen molar-refractivity contribution in [3.63, 3.8) is 0 Å². The summed E-state index contributed by atoms with van der Waals surface area (Å²) in [5.41, 5.74) is 1.51. The average Bonchev–Trinajstić information content (AvgIpc) is 3.40. The average molecular weight is 388 g/mol. The molecule has 1 atom stereocenters. The molecule has 0 radical (unpaired) electrons. The van der Waals surface area contributed by atoms with Crippen LogP contribution in [0.5, 0.6) is 0 Å². The highest BCUT2D eigenvalue weighted by Gasteiger charge is 2.33. The Morgan fingerprint density at radius 1 is 1.16 bits per heavy atom. The highest BCUT2D eigenvalue weighted by atomic mass is 32.1. The molecule has 0 spiro atoms. The Kier molecular flexibility index (Phi) is 4.34. The van der Waals surface area contributed by atoms with Crippen LogP contribution in [0.1, 0.15) is 20.8 Å². The maximum atomic E-state index is 12.5. The van der Waals surface area contributed by atoms with Gasteiger partial charge >= 0.3 is 0 Å². The molecule has 8 heteroatoms. The maximum absolute atomic E-state index is 12.5. The number of carbonyl (C=O) groups excluding carboxylic acids is 1. The van der Waals surface area contributed by atoms with Gasteiger partial charge in [-0.2, -0.15) is 20.1 Å². The number of carbonyl (C=O) groups is 1. The first-order chi connectivity index (χ1) is 12.2. The van der Waals surface area contributed by atoms with Crippen molar-refractivity contribution in [1.29, 1.82) is 0 Å². The van der Waals surface area contributed by atoms with Gasteiger partial charge < -0.3 is 10.4 Å². The molecule has 0 saturated carbocycles.